The van der Waals surface area contributed by atoms with Crippen molar-refractivity contribution in [1.82, 2.24) is 0 Å². The summed E-state index contributed by atoms with van der Waals surface area (Å²) in [6, 6.07) is 0. The molecule has 7 heteroatoms. The van der Waals surface area contributed by atoms with Crippen molar-refractivity contribution < 1.29 is 32.2 Å². The molecule has 0 spiro atoms. The zero-order chi connectivity index (χ0) is 13.1. The van der Waals surface area contributed by atoms with Crippen LogP contribution in [0.15, 0.2) is 0 Å². The second-order valence-corrected chi connectivity index (χ2v) is 4.16. The maximum atomic E-state index is 12.5. The van der Waals surface area contributed by atoms with Gasteiger partial charge in [-0.1, -0.05) is 0 Å². The smallest absolute Gasteiger partial charge is 0.315 e. The average Bonchev–Trinajstić information content (AvgIpc) is 2.93. The van der Waals surface area contributed by atoms with E-state index < -0.39 is 62.6 Å². The summed E-state index contributed by atoms with van der Waals surface area (Å²) in [4.78, 5) is 11.1. The highest BCUT2D eigenvalue weighted by atomic mass is 19.3. The molecule has 0 saturated heterocycles. The van der Waals surface area contributed by atoms with Crippen LogP contribution in [0.2, 0.25) is 0 Å². The van der Waals surface area contributed by atoms with Gasteiger partial charge in [0.1, 0.15) is 5.92 Å². The summed E-state index contributed by atoms with van der Waals surface area (Å²) in [7, 11) is 0. The second-order valence-electron chi connectivity index (χ2n) is 4.16. The van der Waals surface area contributed by atoms with E-state index in [1.165, 1.54) is 0 Å². The van der Waals surface area contributed by atoms with Crippen LogP contribution in [-0.4, -0.2) is 43.6 Å². The van der Waals surface area contributed by atoms with Crippen molar-refractivity contribution >= 4 is 5.97 Å². The van der Waals surface area contributed by atoms with Gasteiger partial charge in [-0.15, -0.1) is 0 Å². The molecule has 0 aliphatic heterocycles. The van der Waals surface area contributed by atoms with Gasteiger partial charge in [0.25, 0.3) is 5.92 Å². The standard InChI is InChI=1S/C10H14F4O3/c11-2-6(4-15)7(3-12)5-17-9(16)8-1-10(8,13)14/h6-8,15H,1-5H2/t6-,7?,8+/m0/s1. The van der Waals surface area contributed by atoms with Crippen molar-refractivity contribution in [3.8, 4) is 0 Å². The lowest BCUT2D eigenvalue weighted by Crippen LogP contribution is -2.28. The normalized spacial score (nSPS) is 25.1. The molecule has 3 nitrogen and oxygen atoms in total. The van der Waals surface area contributed by atoms with E-state index in [-0.39, 0.29) is 0 Å². The maximum Gasteiger partial charge on any atom is 0.315 e. The Balaban J connectivity index is 2.35. The van der Waals surface area contributed by atoms with Gasteiger partial charge < -0.3 is 9.84 Å². The van der Waals surface area contributed by atoms with Gasteiger partial charge in [-0.2, -0.15) is 0 Å². The lowest BCUT2D eigenvalue weighted by atomic mass is 9.96. The zero-order valence-corrected chi connectivity index (χ0v) is 9.04. The third-order valence-electron chi connectivity index (χ3n) is 2.85. The van der Waals surface area contributed by atoms with Gasteiger partial charge in [0.2, 0.25) is 0 Å². The van der Waals surface area contributed by atoms with Crippen molar-refractivity contribution in [2.24, 2.45) is 17.8 Å². The Hall–Kier alpha value is -0.850. The van der Waals surface area contributed by atoms with E-state index >= 15 is 0 Å². The number of aliphatic hydroxyl groups is 1. The van der Waals surface area contributed by atoms with Crippen molar-refractivity contribution in [3.63, 3.8) is 0 Å². The molecular formula is C10H14F4O3. The summed E-state index contributed by atoms with van der Waals surface area (Å²) in [6.45, 7) is -3.01. The second kappa shape index (κ2) is 5.66. The first-order valence-electron chi connectivity index (χ1n) is 5.23. The van der Waals surface area contributed by atoms with Gasteiger partial charge in [0.15, 0.2) is 0 Å². The van der Waals surface area contributed by atoms with Crippen LogP contribution >= 0.6 is 0 Å². The van der Waals surface area contributed by atoms with Gasteiger partial charge in [-0.25, -0.2) is 8.78 Å². The fourth-order valence-corrected chi connectivity index (χ4v) is 1.39. The highest BCUT2D eigenvalue weighted by Crippen LogP contribution is 2.49. The summed E-state index contributed by atoms with van der Waals surface area (Å²) in [6.07, 6.45) is -0.557. The predicted molar refractivity (Wildman–Crippen MR) is 50.0 cm³/mol. The van der Waals surface area contributed by atoms with Crippen LogP contribution < -0.4 is 0 Å². The Labute approximate surface area is 95.7 Å². The Morgan fingerprint density at radius 1 is 1.35 bits per heavy atom. The SMILES string of the molecule is O=C(OCC(CF)[C@H](CO)CF)[C@H]1CC1(F)F. The number of aliphatic hydroxyl groups excluding tert-OH is 1. The van der Waals surface area contributed by atoms with Gasteiger partial charge in [-0.3, -0.25) is 13.6 Å². The Morgan fingerprint density at radius 2 is 1.88 bits per heavy atom. The third kappa shape index (κ3) is 3.55. The van der Waals surface area contributed by atoms with Crippen molar-refractivity contribution in [1.29, 1.82) is 0 Å². The Kier molecular flexibility index (Phi) is 4.73. The van der Waals surface area contributed by atoms with Crippen molar-refractivity contribution in [2.75, 3.05) is 26.6 Å². The third-order valence-corrected chi connectivity index (χ3v) is 2.85. The summed E-state index contributed by atoms with van der Waals surface area (Å²) in [5.41, 5.74) is 0. The lowest BCUT2D eigenvalue weighted by molar-refractivity contribution is -0.150. The predicted octanol–water partition coefficient (Wildman–Crippen LogP) is 1.35. The molecule has 3 atom stereocenters. The molecular weight excluding hydrogens is 244 g/mol. The zero-order valence-electron chi connectivity index (χ0n) is 9.04. The first-order chi connectivity index (χ1) is 7.96. The summed E-state index contributed by atoms with van der Waals surface area (Å²) in [5, 5.41) is 8.73. The lowest BCUT2D eigenvalue weighted by Gasteiger charge is -2.19. The number of carbonyl (C=O) groups is 1. The highest BCUT2D eigenvalue weighted by Gasteiger charge is 2.62. The molecule has 0 aromatic carbocycles. The number of carbonyl (C=O) groups excluding carboxylic acids is 1. The topological polar surface area (TPSA) is 46.5 Å². The average molecular weight is 258 g/mol. The van der Waals surface area contributed by atoms with E-state index in [2.05, 4.69) is 4.74 Å². The fraction of sp³-hybridized carbons (Fsp3) is 0.900. The van der Waals surface area contributed by atoms with Gasteiger partial charge in [-0.05, 0) is 0 Å². The van der Waals surface area contributed by atoms with Crippen LogP contribution in [-0.2, 0) is 9.53 Å². The summed E-state index contributed by atoms with van der Waals surface area (Å²) in [5.74, 6) is -7.56. The number of rotatable bonds is 7. The molecule has 1 aliphatic rings. The minimum Gasteiger partial charge on any atom is -0.465 e. The van der Waals surface area contributed by atoms with Crippen LogP contribution in [0.3, 0.4) is 0 Å². The van der Waals surface area contributed by atoms with Crippen LogP contribution in [0.25, 0.3) is 0 Å². The van der Waals surface area contributed by atoms with Gasteiger partial charge >= 0.3 is 5.97 Å². The van der Waals surface area contributed by atoms with E-state index in [1.54, 1.807) is 0 Å². The van der Waals surface area contributed by atoms with Gasteiger partial charge in [0, 0.05) is 24.9 Å². The van der Waals surface area contributed by atoms with Crippen LogP contribution in [0.5, 0.6) is 0 Å². The molecule has 0 radical (unpaired) electrons. The van der Waals surface area contributed by atoms with Crippen LogP contribution in [0.4, 0.5) is 17.6 Å². The van der Waals surface area contributed by atoms with Crippen molar-refractivity contribution in [2.45, 2.75) is 12.3 Å². The van der Waals surface area contributed by atoms with E-state index in [1.807, 2.05) is 0 Å². The summed E-state index contributed by atoms with van der Waals surface area (Å²) >= 11 is 0. The molecule has 0 amide bonds. The van der Waals surface area contributed by atoms with E-state index in [9.17, 15) is 22.4 Å². The number of alkyl halides is 4. The molecule has 1 aliphatic carbocycles. The van der Waals surface area contributed by atoms with E-state index in [0.29, 0.717) is 0 Å². The first kappa shape index (κ1) is 14.2. The Morgan fingerprint density at radius 3 is 2.24 bits per heavy atom. The van der Waals surface area contributed by atoms with Gasteiger partial charge in [0.05, 0.1) is 20.0 Å². The molecule has 1 unspecified atom stereocenters. The van der Waals surface area contributed by atoms with Crippen LogP contribution in [0.1, 0.15) is 6.42 Å². The minimum absolute atomic E-state index is 0.489. The molecule has 100 valence electrons. The molecule has 0 heterocycles. The Bertz CT molecular complexity index is 268. The number of hydrogen-bond acceptors (Lipinski definition) is 3. The van der Waals surface area contributed by atoms with Crippen molar-refractivity contribution in [3.05, 3.63) is 0 Å². The van der Waals surface area contributed by atoms with E-state index in [4.69, 9.17) is 5.11 Å². The summed E-state index contributed by atoms with van der Waals surface area (Å²) < 4.78 is 54.3. The monoisotopic (exact) mass is 258 g/mol. The molecule has 1 fully saturated rings. The fourth-order valence-electron chi connectivity index (χ4n) is 1.39. The molecule has 1 N–H and O–H groups in total. The minimum atomic E-state index is -3.03. The number of hydrogen-bond donors (Lipinski definition) is 1. The molecule has 1 rings (SSSR count). The highest BCUT2D eigenvalue weighted by molar-refractivity contribution is 5.77. The largest absolute Gasteiger partial charge is 0.465 e. The van der Waals surface area contributed by atoms with Crippen LogP contribution in [0, 0.1) is 17.8 Å². The quantitative estimate of drug-likeness (QED) is 0.554. The first-order valence-corrected chi connectivity index (χ1v) is 5.23. The number of halogens is 4. The molecule has 0 bridgehead atoms. The van der Waals surface area contributed by atoms with E-state index in [0.717, 1.165) is 0 Å². The number of esters is 1. The molecule has 0 aromatic rings. The number of ether oxygens (including phenoxy) is 1. The molecule has 0 aromatic heterocycles. The maximum absolute atomic E-state index is 12.5. The molecule has 17 heavy (non-hydrogen) atoms. The molecule has 1 saturated carbocycles.